The Labute approximate surface area is 241 Å². The third kappa shape index (κ3) is 5.07. The summed E-state index contributed by atoms with van der Waals surface area (Å²) in [6.45, 7) is 8.71. The van der Waals surface area contributed by atoms with Gasteiger partial charge in [-0.25, -0.2) is 0 Å². The van der Waals surface area contributed by atoms with Crippen LogP contribution in [0.1, 0.15) is 67.8 Å². The molecular formula is C32H42N2O7. The van der Waals surface area contributed by atoms with Crippen molar-refractivity contribution >= 4 is 18.1 Å². The number of nitrogens with one attached hydrogen (secondary N) is 1. The largest absolute Gasteiger partial charge is 0.493 e. The molecule has 1 aliphatic heterocycles. The number of carbonyl (C=O) groups excluding carboxylic acids is 3. The summed E-state index contributed by atoms with van der Waals surface area (Å²) >= 11 is 0. The van der Waals surface area contributed by atoms with E-state index >= 15 is 0 Å². The van der Waals surface area contributed by atoms with E-state index in [4.69, 9.17) is 9.47 Å². The maximum atomic E-state index is 13.7. The molecule has 0 spiro atoms. The lowest BCUT2D eigenvalue weighted by molar-refractivity contribution is -0.146. The number of aliphatic hydroxyl groups is 2. The fraction of sp³-hybridized carbons (Fsp3) is 0.594. The molecule has 5 aliphatic rings. The maximum Gasteiger partial charge on any atom is 0.247 e. The molecule has 9 nitrogen and oxygen atoms in total. The molecule has 3 saturated carbocycles. The summed E-state index contributed by atoms with van der Waals surface area (Å²) in [4.78, 5) is 40.7. The summed E-state index contributed by atoms with van der Waals surface area (Å²) in [5, 5.41) is 24.0. The highest BCUT2D eigenvalue weighted by atomic mass is 16.5. The van der Waals surface area contributed by atoms with Crippen LogP contribution >= 0.6 is 0 Å². The van der Waals surface area contributed by atoms with Crippen molar-refractivity contribution in [1.82, 2.24) is 10.2 Å². The van der Waals surface area contributed by atoms with E-state index in [1.807, 2.05) is 0 Å². The van der Waals surface area contributed by atoms with Crippen molar-refractivity contribution in [1.29, 1.82) is 0 Å². The fourth-order valence-electron chi connectivity index (χ4n) is 7.75. The molecule has 3 fully saturated rings. The van der Waals surface area contributed by atoms with Crippen molar-refractivity contribution in [3.63, 3.8) is 0 Å². The smallest absolute Gasteiger partial charge is 0.247 e. The number of benzene rings is 1. The molecule has 0 unspecified atom stereocenters. The first-order chi connectivity index (χ1) is 19.7. The zero-order chi connectivity index (χ0) is 29.5. The van der Waals surface area contributed by atoms with E-state index in [9.17, 15) is 24.6 Å². The topological polar surface area (TPSA) is 125 Å². The van der Waals surface area contributed by atoms with Gasteiger partial charge in [0.25, 0.3) is 0 Å². The third-order valence-corrected chi connectivity index (χ3v) is 10.1. The average Bonchev–Trinajstić information content (AvgIpc) is 3.37. The van der Waals surface area contributed by atoms with Crippen LogP contribution in [0.3, 0.4) is 0 Å². The number of aldehydes is 1. The van der Waals surface area contributed by atoms with Crippen molar-refractivity contribution < 1.29 is 34.1 Å². The lowest BCUT2D eigenvalue weighted by Gasteiger charge is -2.61. The standard InChI is InChI=1S/C32H42N2O7/c1-5-6-7-26(37)34(16-19-8-9-20-14-23(19)32(20,2)3)24-15-22(31(39)33-10-11-35)27-21-12-18(17-36)13-25(40-4)29(21)41-30(27)28(24)38/h5,12-13,15,17,19-20,23-24,27-28,30,35,38H,1,6-11,14,16H2,2-4H3,(H,33,39)/t19-,20-,23-,24+,27-,28-,30-/m0/s1. The van der Waals surface area contributed by atoms with Crippen LogP contribution in [-0.2, 0) is 9.59 Å². The van der Waals surface area contributed by atoms with Gasteiger partial charge in [-0.1, -0.05) is 19.9 Å². The van der Waals surface area contributed by atoms with Gasteiger partial charge >= 0.3 is 0 Å². The lowest BCUT2D eigenvalue weighted by atomic mass is 9.45. The van der Waals surface area contributed by atoms with Crippen LogP contribution in [0.2, 0.25) is 0 Å². The number of ether oxygens (including phenoxy) is 2. The first-order valence-electron chi connectivity index (χ1n) is 14.7. The molecule has 41 heavy (non-hydrogen) atoms. The molecule has 1 aromatic rings. The van der Waals surface area contributed by atoms with E-state index in [1.54, 1.807) is 29.2 Å². The molecule has 0 radical (unpaired) electrons. The molecule has 222 valence electrons. The number of hydrogen-bond acceptors (Lipinski definition) is 7. The number of carbonyl (C=O) groups is 3. The Morgan fingerprint density at radius 3 is 2.71 bits per heavy atom. The van der Waals surface area contributed by atoms with Crippen molar-refractivity contribution in [3.05, 3.63) is 47.6 Å². The van der Waals surface area contributed by atoms with Crippen LogP contribution in [0.15, 0.2) is 36.4 Å². The Morgan fingerprint density at radius 2 is 2.07 bits per heavy atom. The average molecular weight is 567 g/mol. The number of amides is 2. The number of rotatable bonds is 11. The minimum absolute atomic E-state index is 0.0498. The second-order valence-corrected chi connectivity index (χ2v) is 12.5. The van der Waals surface area contributed by atoms with Gasteiger partial charge in [0, 0.05) is 36.2 Å². The summed E-state index contributed by atoms with van der Waals surface area (Å²) < 4.78 is 11.8. The van der Waals surface area contributed by atoms with E-state index in [-0.39, 0.29) is 30.9 Å². The molecule has 0 saturated heterocycles. The van der Waals surface area contributed by atoms with Crippen molar-refractivity contribution in [3.8, 4) is 11.5 Å². The molecule has 6 rings (SSSR count). The highest BCUT2D eigenvalue weighted by molar-refractivity contribution is 5.96. The van der Waals surface area contributed by atoms with Gasteiger partial charge in [0.2, 0.25) is 11.8 Å². The molecule has 9 heteroatoms. The molecule has 3 N–H and O–H groups in total. The van der Waals surface area contributed by atoms with Crippen molar-refractivity contribution in [2.24, 2.45) is 23.2 Å². The predicted octanol–water partition coefficient (Wildman–Crippen LogP) is 3.00. The summed E-state index contributed by atoms with van der Waals surface area (Å²) in [7, 11) is 1.47. The number of aliphatic hydroxyl groups excluding tert-OH is 2. The van der Waals surface area contributed by atoms with Gasteiger partial charge in [-0.2, -0.15) is 0 Å². The Hall–Kier alpha value is -3.17. The summed E-state index contributed by atoms with van der Waals surface area (Å²) in [6, 6.07) is 2.42. The van der Waals surface area contributed by atoms with E-state index in [0.29, 0.717) is 65.2 Å². The fourth-order valence-corrected chi connectivity index (χ4v) is 7.75. The molecule has 2 amide bonds. The number of methoxy groups -OCH3 is 1. The molecule has 4 aliphatic carbocycles. The zero-order valence-electron chi connectivity index (χ0n) is 24.2. The van der Waals surface area contributed by atoms with Gasteiger partial charge in [-0.15, -0.1) is 6.58 Å². The molecular weight excluding hydrogens is 524 g/mol. The molecule has 2 bridgehead atoms. The van der Waals surface area contributed by atoms with Crippen LogP contribution in [-0.4, -0.2) is 78.3 Å². The van der Waals surface area contributed by atoms with Gasteiger partial charge in [-0.05, 0) is 67.1 Å². The van der Waals surface area contributed by atoms with Crippen LogP contribution in [0.4, 0.5) is 0 Å². The minimum atomic E-state index is -1.13. The Balaban J connectivity index is 1.55. The van der Waals surface area contributed by atoms with Crippen molar-refractivity contribution in [2.45, 2.75) is 70.1 Å². The maximum absolute atomic E-state index is 13.7. The first kappa shape index (κ1) is 29.3. The van der Waals surface area contributed by atoms with E-state index in [1.165, 1.54) is 7.11 Å². The van der Waals surface area contributed by atoms with Gasteiger partial charge in [0.05, 0.1) is 25.7 Å². The zero-order valence-corrected chi connectivity index (χ0v) is 24.2. The monoisotopic (exact) mass is 566 g/mol. The second kappa shape index (κ2) is 11.6. The number of hydrogen-bond donors (Lipinski definition) is 3. The Bertz CT molecular complexity index is 1240. The number of fused-ring (bicyclic) bond motifs is 5. The minimum Gasteiger partial charge on any atom is -0.493 e. The second-order valence-electron chi connectivity index (χ2n) is 12.5. The summed E-state index contributed by atoms with van der Waals surface area (Å²) in [6.07, 6.45) is 6.16. The normalized spacial score (nSPS) is 30.5. The van der Waals surface area contributed by atoms with Gasteiger partial charge < -0.3 is 29.9 Å². The molecule has 1 aromatic carbocycles. The van der Waals surface area contributed by atoms with Crippen molar-refractivity contribution in [2.75, 3.05) is 26.8 Å². The van der Waals surface area contributed by atoms with Crippen LogP contribution in [0, 0.1) is 23.2 Å². The highest BCUT2D eigenvalue weighted by Gasteiger charge is 2.56. The highest BCUT2D eigenvalue weighted by Crippen LogP contribution is 2.61. The van der Waals surface area contributed by atoms with Gasteiger partial charge in [0.1, 0.15) is 18.5 Å². The number of nitrogens with zero attached hydrogens (tertiary/aromatic N) is 1. The van der Waals surface area contributed by atoms with Crippen LogP contribution in [0.5, 0.6) is 11.5 Å². The lowest BCUT2D eigenvalue weighted by Crippen LogP contribution is -2.59. The quantitative estimate of drug-likeness (QED) is 0.278. The summed E-state index contributed by atoms with van der Waals surface area (Å²) in [5.41, 5.74) is 1.48. The predicted molar refractivity (Wildman–Crippen MR) is 153 cm³/mol. The van der Waals surface area contributed by atoms with Crippen LogP contribution < -0.4 is 14.8 Å². The first-order valence-corrected chi connectivity index (χ1v) is 14.7. The molecule has 0 aromatic heterocycles. The van der Waals surface area contributed by atoms with Gasteiger partial charge in [-0.3, -0.25) is 14.4 Å². The van der Waals surface area contributed by atoms with E-state index < -0.39 is 30.1 Å². The van der Waals surface area contributed by atoms with E-state index in [0.717, 1.165) is 19.3 Å². The molecule has 7 atom stereocenters. The Kier molecular flexibility index (Phi) is 8.30. The SMILES string of the molecule is C=CCCC(=O)N(C[C@@H]1CC[C@H]2C[C@@H]1C2(C)C)[C@@H]1C=C(C(=O)NCCO)[C@@H]2c3cc(C=O)cc(OC)c3O[C@@H]2[C@H]1O. The Morgan fingerprint density at radius 1 is 1.29 bits per heavy atom. The molecule has 1 heterocycles. The van der Waals surface area contributed by atoms with E-state index in [2.05, 4.69) is 25.7 Å². The van der Waals surface area contributed by atoms with Crippen LogP contribution in [0.25, 0.3) is 0 Å². The third-order valence-electron chi connectivity index (χ3n) is 10.1. The summed E-state index contributed by atoms with van der Waals surface area (Å²) in [5.74, 6) is 1.01. The van der Waals surface area contributed by atoms with Gasteiger partial charge in [0.15, 0.2) is 11.5 Å². The number of allylic oxidation sites excluding steroid dienone is 1.